The normalized spacial score (nSPS) is 16.9. The first-order valence-electron chi connectivity index (χ1n) is 9.02. The summed E-state index contributed by atoms with van der Waals surface area (Å²) in [5.41, 5.74) is 1.46. The molecule has 1 aromatic heterocycles. The van der Waals surface area contributed by atoms with E-state index in [2.05, 4.69) is 9.97 Å². The van der Waals surface area contributed by atoms with Crippen molar-refractivity contribution in [2.24, 2.45) is 0 Å². The molecule has 0 radical (unpaired) electrons. The van der Waals surface area contributed by atoms with Crippen LogP contribution in [-0.4, -0.2) is 34.4 Å². The summed E-state index contributed by atoms with van der Waals surface area (Å²) in [6, 6.07) is 8.90. The zero-order chi connectivity index (χ0) is 18.7. The monoisotopic (exact) mass is 355 g/mol. The Balaban J connectivity index is 1.84. The van der Waals surface area contributed by atoms with Crippen LogP contribution in [0, 0.1) is 0 Å². The van der Waals surface area contributed by atoms with Crippen LogP contribution in [0.3, 0.4) is 0 Å². The van der Waals surface area contributed by atoms with Crippen LogP contribution in [0.1, 0.15) is 55.7 Å². The van der Waals surface area contributed by atoms with Gasteiger partial charge in [0.1, 0.15) is 11.6 Å². The first kappa shape index (κ1) is 18.2. The Kier molecular flexibility index (Phi) is 5.40. The first-order chi connectivity index (χ1) is 12.5. The number of aromatic nitrogens is 2. The number of hydrogen-bond donors (Lipinski definition) is 1. The smallest absolute Gasteiger partial charge is 0.251 e. The summed E-state index contributed by atoms with van der Waals surface area (Å²) in [6.07, 6.45) is 1.98. The molecule has 1 aliphatic rings. The quantitative estimate of drug-likeness (QED) is 0.895. The Bertz CT molecular complexity index is 844. The van der Waals surface area contributed by atoms with Crippen molar-refractivity contribution in [3.05, 3.63) is 57.8 Å². The number of H-pyrrole nitrogens is 1. The van der Waals surface area contributed by atoms with Gasteiger partial charge >= 0.3 is 0 Å². The molecular weight excluding hydrogens is 330 g/mol. The average Bonchev–Trinajstić information content (AvgIpc) is 3.11. The molecule has 26 heavy (non-hydrogen) atoms. The fourth-order valence-electron chi connectivity index (χ4n) is 3.41. The molecule has 1 aromatic carbocycles. The molecule has 1 aliphatic heterocycles. The van der Waals surface area contributed by atoms with Crippen molar-refractivity contribution in [2.45, 2.75) is 45.1 Å². The predicted molar refractivity (Wildman–Crippen MR) is 99.3 cm³/mol. The first-order valence-corrected chi connectivity index (χ1v) is 9.02. The van der Waals surface area contributed by atoms with Gasteiger partial charge < -0.3 is 14.6 Å². The molecule has 1 atom stereocenters. The second-order valence-corrected chi connectivity index (χ2v) is 6.94. The summed E-state index contributed by atoms with van der Waals surface area (Å²) in [5.74, 6) is 1.49. The lowest BCUT2D eigenvalue weighted by atomic mass is 10.1. The molecule has 1 fully saturated rings. The number of nitrogens with one attached hydrogen (secondary N) is 1. The van der Waals surface area contributed by atoms with Gasteiger partial charge in [0.15, 0.2) is 0 Å². The number of rotatable bonds is 5. The highest BCUT2D eigenvalue weighted by Gasteiger charge is 2.32. The molecule has 138 valence electrons. The van der Waals surface area contributed by atoms with E-state index >= 15 is 0 Å². The van der Waals surface area contributed by atoms with Crippen LogP contribution in [0.15, 0.2) is 35.1 Å². The van der Waals surface area contributed by atoms with Crippen LogP contribution in [0.2, 0.25) is 0 Å². The molecule has 1 N–H and O–H groups in total. The van der Waals surface area contributed by atoms with E-state index < -0.39 is 0 Å². The van der Waals surface area contributed by atoms with Gasteiger partial charge in [-0.15, -0.1) is 0 Å². The third-order valence-corrected chi connectivity index (χ3v) is 4.79. The maximum atomic E-state index is 12.9. The van der Waals surface area contributed by atoms with Gasteiger partial charge in [0.05, 0.1) is 25.3 Å². The lowest BCUT2D eigenvalue weighted by Gasteiger charge is -2.25. The van der Waals surface area contributed by atoms with Crippen molar-refractivity contribution in [2.75, 3.05) is 13.7 Å². The summed E-state index contributed by atoms with van der Waals surface area (Å²) in [5, 5.41) is 0. The molecule has 0 bridgehead atoms. The molecule has 0 unspecified atom stereocenters. The van der Waals surface area contributed by atoms with Crippen LogP contribution >= 0.6 is 0 Å². The minimum Gasteiger partial charge on any atom is -0.496 e. The van der Waals surface area contributed by atoms with E-state index in [9.17, 15) is 9.59 Å². The molecule has 2 heterocycles. The summed E-state index contributed by atoms with van der Waals surface area (Å²) in [6.45, 7) is 4.68. The zero-order valence-electron chi connectivity index (χ0n) is 15.5. The van der Waals surface area contributed by atoms with E-state index in [-0.39, 0.29) is 29.8 Å². The lowest BCUT2D eigenvalue weighted by Crippen LogP contribution is -2.33. The van der Waals surface area contributed by atoms with Crippen LogP contribution in [-0.2, 0) is 11.2 Å². The highest BCUT2D eigenvalue weighted by atomic mass is 16.5. The molecule has 1 amide bonds. The maximum Gasteiger partial charge on any atom is 0.251 e. The lowest BCUT2D eigenvalue weighted by molar-refractivity contribution is -0.131. The van der Waals surface area contributed by atoms with Crippen molar-refractivity contribution in [1.82, 2.24) is 14.9 Å². The average molecular weight is 355 g/mol. The van der Waals surface area contributed by atoms with Gasteiger partial charge in [-0.3, -0.25) is 9.59 Å². The van der Waals surface area contributed by atoms with Crippen LogP contribution in [0.25, 0.3) is 0 Å². The summed E-state index contributed by atoms with van der Waals surface area (Å²) in [4.78, 5) is 34.2. The van der Waals surface area contributed by atoms with Gasteiger partial charge in [-0.2, -0.15) is 0 Å². The number of carbonyl (C=O) groups excluding carboxylic acids is 1. The SMILES string of the molecule is COc1ccccc1CC(=O)N1CCC[C@@H]1c1nc(C(C)C)cc(=O)[nH]1. The van der Waals surface area contributed by atoms with E-state index in [0.29, 0.717) is 18.1 Å². The second kappa shape index (κ2) is 7.72. The number of likely N-dealkylation sites (tertiary alicyclic amines) is 1. The Hall–Kier alpha value is -2.63. The van der Waals surface area contributed by atoms with E-state index in [0.717, 1.165) is 24.1 Å². The van der Waals surface area contributed by atoms with Gasteiger partial charge in [0.25, 0.3) is 5.56 Å². The largest absolute Gasteiger partial charge is 0.496 e. The van der Waals surface area contributed by atoms with E-state index in [1.54, 1.807) is 7.11 Å². The topological polar surface area (TPSA) is 75.3 Å². The van der Waals surface area contributed by atoms with E-state index in [4.69, 9.17) is 4.74 Å². The summed E-state index contributed by atoms with van der Waals surface area (Å²) in [7, 11) is 1.61. The van der Waals surface area contributed by atoms with Gasteiger partial charge in [-0.1, -0.05) is 32.0 Å². The van der Waals surface area contributed by atoms with Crippen molar-refractivity contribution >= 4 is 5.91 Å². The Morgan fingerprint density at radius 3 is 2.88 bits per heavy atom. The number of aromatic amines is 1. The van der Waals surface area contributed by atoms with Crippen LogP contribution in [0.5, 0.6) is 5.75 Å². The molecule has 2 aromatic rings. The van der Waals surface area contributed by atoms with E-state index in [1.807, 2.05) is 43.0 Å². The third kappa shape index (κ3) is 3.79. The number of hydrogen-bond acceptors (Lipinski definition) is 4. The highest BCUT2D eigenvalue weighted by Crippen LogP contribution is 2.31. The Labute approximate surface area is 153 Å². The molecule has 0 spiro atoms. The van der Waals surface area contributed by atoms with Crippen LogP contribution in [0.4, 0.5) is 0 Å². The zero-order valence-corrected chi connectivity index (χ0v) is 15.5. The fraction of sp³-hybridized carbons (Fsp3) is 0.450. The maximum absolute atomic E-state index is 12.9. The number of ether oxygens (including phenoxy) is 1. The molecule has 1 saturated heterocycles. The van der Waals surface area contributed by atoms with Gasteiger partial charge in [0, 0.05) is 18.2 Å². The summed E-state index contributed by atoms with van der Waals surface area (Å²) >= 11 is 0. The Morgan fingerprint density at radius 2 is 2.15 bits per heavy atom. The Morgan fingerprint density at radius 1 is 1.38 bits per heavy atom. The standard InChI is InChI=1S/C20H25N3O3/c1-13(2)15-12-18(24)22-20(21-15)16-8-6-10-23(16)19(25)11-14-7-4-5-9-17(14)26-3/h4-5,7,9,12-13,16H,6,8,10-11H2,1-3H3,(H,21,22,24)/t16-/m1/s1. The van der Waals surface area contributed by atoms with Crippen molar-refractivity contribution in [3.8, 4) is 5.75 Å². The van der Waals surface area contributed by atoms with Gasteiger partial charge in [-0.25, -0.2) is 4.98 Å². The second-order valence-electron chi connectivity index (χ2n) is 6.94. The number of methoxy groups -OCH3 is 1. The number of amides is 1. The third-order valence-electron chi connectivity index (χ3n) is 4.79. The molecule has 0 aliphatic carbocycles. The van der Waals surface area contributed by atoms with Gasteiger partial charge in [0.2, 0.25) is 5.91 Å². The molecule has 6 nitrogen and oxygen atoms in total. The van der Waals surface area contributed by atoms with Crippen molar-refractivity contribution in [1.29, 1.82) is 0 Å². The highest BCUT2D eigenvalue weighted by molar-refractivity contribution is 5.80. The van der Waals surface area contributed by atoms with Gasteiger partial charge in [-0.05, 0) is 24.8 Å². The predicted octanol–water partition coefficient (Wildman–Crippen LogP) is 2.81. The van der Waals surface area contributed by atoms with Crippen molar-refractivity contribution in [3.63, 3.8) is 0 Å². The van der Waals surface area contributed by atoms with Crippen LogP contribution < -0.4 is 10.3 Å². The molecule has 6 heteroatoms. The minimum absolute atomic E-state index is 0.0228. The molecule has 0 saturated carbocycles. The number of nitrogens with zero attached hydrogens (tertiary/aromatic N) is 2. The number of carbonyl (C=O) groups is 1. The van der Waals surface area contributed by atoms with E-state index in [1.165, 1.54) is 6.07 Å². The minimum atomic E-state index is -0.177. The number of para-hydroxylation sites is 1. The van der Waals surface area contributed by atoms with Crippen molar-refractivity contribution < 1.29 is 9.53 Å². The number of benzene rings is 1. The fourth-order valence-corrected chi connectivity index (χ4v) is 3.41. The summed E-state index contributed by atoms with van der Waals surface area (Å²) < 4.78 is 5.35. The molecule has 3 rings (SSSR count). The molecular formula is C20H25N3O3.